The molecule has 1 aromatic rings. The summed E-state index contributed by atoms with van der Waals surface area (Å²) < 4.78 is 5.90. The maximum atomic E-state index is 6.30. The van der Waals surface area contributed by atoms with Crippen LogP contribution in [0, 0.1) is 17.8 Å². The van der Waals surface area contributed by atoms with Gasteiger partial charge in [-0.05, 0) is 87.6 Å². The highest BCUT2D eigenvalue weighted by molar-refractivity contribution is 6.30. The van der Waals surface area contributed by atoms with Gasteiger partial charge in [0, 0.05) is 22.5 Å². The molecule has 1 aromatic carbocycles. The molecule has 25 heavy (non-hydrogen) atoms. The first-order valence-electron chi connectivity index (χ1n) is 10.1. The van der Waals surface area contributed by atoms with Crippen molar-refractivity contribution in [1.29, 1.82) is 0 Å². The van der Waals surface area contributed by atoms with E-state index in [1.807, 2.05) is 6.07 Å². The normalized spacial score (nSPS) is 33.2. The first-order chi connectivity index (χ1) is 12.2. The van der Waals surface area contributed by atoms with Crippen molar-refractivity contribution in [3.05, 3.63) is 40.9 Å². The summed E-state index contributed by atoms with van der Waals surface area (Å²) in [7, 11) is 0. The van der Waals surface area contributed by atoms with Gasteiger partial charge in [0.05, 0.1) is 6.61 Å². The number of allylic oxidation sites excluding steroid dienone is 2. The molecule has 3 heteroatoms. The van der Waals surface area contributed by atoms with Crippen LogP contribution in [0.5, 0.6) is 5.75 Å². The fourth-order valence-corrected chi connectivity index (χ4v) is 6.00. The molecule has 1 saturated carbocycles. The molecular formula is C22H28ClNO. The molecule has 4 aliphatic rings. The Kier molecular flexibility index (Phi) is 4.09. The Morgan fingerprint density at radius 2 is 2.08 bits per heavy atom. The number of hydrogen-bond donors (Lipinski definition) is 0. The Balaban J connectivity index is 1.26. The average molecular weight is 358 g/mol. The van der Waals surface area contributed by atoms with E-state index in [1.54, 1.807) is 0 Å². The summed E-state index contributed by atoms with van der Waals surface area (Å²) in [5.74, 6) is 3.85. The molecular weight excluding hydrogens is 330 g/mol. The van der Waals surface area contributed by atoms with E-state index >= 15 is 0 Å². The highest BCUT2D eigenvalue weighted by Gasteiger charge is 2.44. The molecule has 1 spiro atoms. The van der Waals surface area contributed by atoms with E-state index in [-0.39, 0.29) is 0 Å². The fourth-order valence-electron chi connectivity index (χ4n) is 5.82. The molecule has 2 aliphatic carbocycles. The van der Waals surface area contributed by atoms with E-state index in [0.717, 1.165) is 41.6 Å². The summed E-state index contributed by atoms with van der Waals surface area (Å²) in [6, 6.07) is 6.18. The van der Waals surface area contributed by atoms with Crippen molar-refractivity contribution >= 4 is 11.6 Å². The van der Waals surface area contributed by atoms with E-state index in [4.69, 9.17) is 16.3 Å². The number of likely N-dealkylation sites (tertiary alicyclic amines) is 1. The van der Waals surface area contributed by atoms with Gasteiger partial charge in [-0.15, -0.1) is 0 Å². The monoisotopic (exact) mass is 357 g/mol. The molecule has 0 radical (unpaired) electrons. The highest BCUT2D eigenvalue weighted by Crippen LogP contribution is 2.49. The number of nitrogens with zero attached hydrogens (tertiary/aromatic N) is 1. The lowest BCUT2D eigenvalue weighted by molar-refractivity contribution is 0.0370. The van der Waals surface area contributed by atoms with Gasteiger partial charge in [-0.3, -0.25) is 0 Å². The number of hydrogen-bond acceptors (Lipinski definition) is 2. The van der Waals surface area contributed by atoms with Crippen LogP contribution in [0.1, 0.15) is 44.1 Å². The molecule has 2 aliphatic heterocycles. The van der Waals surface area contributed by atoms with Crippen LogP contribution in [0.25, 0.3) is 0 Å². The number of benzene rings is 1. The Hall–Kier alpha value is -0.990. The van der Waals surface area contributed by atoms with Crippen molar-refractivity contribution < 1.29 is 4.74 Å². The minimum absolute atomic E-state index is 0.294. The third-order valence-corrected chi connectivity index (χ3v) is 7.65. The van der Waals surface area contributed by atoms with Crippen LogP contribution < -0.4 is 4.74 Å². The number of ether oxygens (including phenoxy) is 1. The second-order valence-electron chi connectivity index (χ2n) is 8.66. The van der Waals surface area contributed by atoms with Gasteiger partial charge in [-0.1, -0.05) is 23.8 Å². The largest absolute Gasteiger partial charge is 0.493 e. The zero-order chi connectivity index (χ0) is 16.9. The first-order valence-corrected chi connectivity index (χ1v) is 10.4. The minimum Gasteiger partial charge on any atom is -0.493 e. The van der Waals surface area contributed by atoms with Crippen LogP contribution in [0.2, 0.25) is 5.02 Å². The molecule has 2 fully saturated rings. The first kappa shape index (κ1) is 16.2. The van der Waals surface area contributed by atoms with Gasteiger partial charge in [0.25, 0.3) is 0 Å². The van der Waals surface area contributed by atoms with Crippen LogP contribution in [-0.4, -0.2) is 31.1 Å². The summed E-state index contributed by atoms with van der Waals surface area (Å²) in [6.45, 7) is 4.61. The number of fused-ring (bicyclic) bond motifs is 3. The minimum atomic E-state index is 0.294. The molecule has 0 bridgehead atoms. The molecule has 0 aromatic heterocycles. The number of piperidine rings is 1. The van der Waals surface area contributed by atoms with Gasteiger partial charge in [0.2, 0.25) is 0 Å². The smallest absolute Gasteiger partial charge is 0.123 e. The van der Waals surface area contributed by atoms with E-state index in [1.165, 1.54) is 57.3 Å². The maximum Gasteiger partial charge on any atom is 0.123 e. The van der Waals surface area contributed by atoms with Gasteiger partial charge in [-0.25, -0.2) is 0 Å². The summed E-state index contributed by atoms with van der Waals surface area (Å²) >= 11 is 6.30. The molecule has 2 heterocycles. The third-order valence-electron chi connectivity index (χ3n) is 7.41. The summed E-state index contributed by atoms with van der Waals surface area (Å²) in [5, 5.41) is 0.843. The van der Waals surface area contributed by atoms with Crippen molar-refractivity contribution in [3.8, 4) is 5.75 Å². The second-order valence-corrected chi connectivity index (χ2v) is 9.10. The molecule has 1 saturated heterocycles. The van der Waals surface area contributed by atoms with Crippen molar-refractivity contribution in [2.24, 2.45) is 17.8 Å². The van der Waals surface area contributed by atoms with Crippen LogP contribution in [0.15, 0.2) is 30.4 Å². The lowest BCUT2D eigenvalue weighted by atomic mass is 9.61. The van der Waals surface area contributed by atoms with E-state index < -0.39 is 0 Å². The predicted octanol–water partition coefficient (Wildman–Crippen LogP) is 5.06. The Labute approximate surface area is 156 Å². The van der Waals surface area contributed by atoms with E-state index in [0.29, 0.717) is 5.41 Å². The molecule has 0 N–H and O–H groups in total. The second kappa shape index (κ2) is 6.32. The van der Waals surface area contributed by atoms with Crippen molar-refractivity contribution in [2.45, 2.75) is 43.9 Å². The van der Waals surface area contributed by atoms with Crippen molar-refractivity contribution in [2.75, 3.05) is 26.2 Å². The summed E-state index contributed by atoms with van der Waals surface area (Å²) in [6.07, 6.45) is 12.8. The fraction of sp³-hybridized carbons (Fsp3) is 0.636. The maximum absolute atomic E-state index is 6.30. The van der Waals surface area contributed by atoms with E-state index in [9.17, 15) is 0 Å². The zero-order valence-corrected chi connectivity index (χ0v) is 15.7. The van der Waals surface area contributed by atoms with Crippen LogP contribution in [-0.2, 0) is 5.41 Å². The Morgan fingerprint density at radius 3 is 2.92 bits per heavy atom. The Bertz CT molecular complexity index is 677. The number of halogens is 1. The Morgan fingerprint density at radius 1 is 1.20 bits per heavy atom. The molecule has 0 amide bonds. The van der Waals surface area contributed by atoms with Gasteiger partial charge < -0.3 is 9.64 Å². The zero-order valence-electron chi connectivity index (χ0n) is 14.9. The van der Waals surface area contributed by atoms with Crippen LogP contribution in [0.3, 0.4) is 0 Å². The molecule has 2 nitrogen and oxygen atoms in total. The average Bonchev–Trinajstić information content (AvgIpc) is 2.62. The summed E-state index contributed by atoms with van der Waals surface area (Å²) in [5.41, 5.74) is 1.66. The van der Waals surface area contributed by atoms with Crippen molar-refractivity contribution in [3.63, 3.8) is 0 Å². The SMILES string of the molecule is Clc1ccc2c(c1)C1(CCO2)CCN(C[C@H]2CC3CCC=C[C@@H]32)CC1. The molecule has 5 rings (SSSR count). The quantitative estimate of drug-likeness (QED) is 0.686. The topological polar surface area (TPSA) is 12.5 Å². The van der Waals surface area contributed by atoms with Gasteiger partial charge >= 0.3 is 0 Å². The molecule has 3 atom stereocenters. The standard InChI is InChI=1S/C22H28ClNO/c23-18-5-6-21-20(14-18)22(9-12-25-21)7-10-24(11-8-22)15-17-13-16-3-1-2-4-19(16)17/h2,4-6,14,16-17,19H,1,3,7-13,15H2/t16?,17-,19+/m1/s1. The predicted molar refractivity (Wildman–Crippen MR) is 102 cm³/mol. The molecule has 1 unspecified atom stereocenters. The third kappa shape index (κ3) is 2.82. The lowest BCUT2D eigenvalue weighted by Gasteiger charge is -2.50. The van der Waals surface area contributed by atoms with Crippen LogP contribution >= 0.6 is 11.6 Å². The molecule has 134 valence electrons. The highest BCUT2D eigenvalue weighted by atomic mass is 35.5. The van der Waals surface area contributed by atoms with Gasteiger partial charge in [0.1, 0.15) is 5.75 Å². The summed E-state index contributed by atoms with van der Waals surface area (Å²) in [4.78, 5) is 2.73. The van der Waals surface area contributed by atoms with Crippen molar-refractivity contribution in [1.82, 2.24) is 4.90 Å². The van der Waals surface area contributed by atoms with Gasteiger partial charge in [0.15, 0.2) is 0 Å². The van der Waals surface area contributed by atoms with Gasteiger partial charge in [-0.2, -0.15) is 0 Å². The van der Waals surface area contributed by atoms with E-state index in [2.05, 4.69) is 29.2 Å². The lowest BCUT2D eigenvalue weighted by Crippen LogP contribution is -2.49. The number of rotatable bonds is 2. The van der Waals surface area contributed by atoms with Crippen LogP contribution in [0.4, 0.5) is 0 Å².